The molecule has 1 N–H and O–H groups in total. The van der Waals surface area contributed by atoms with E-state index in [9.17, 15) is 9.59 Å². The van der Waals surface area contributed by atoms with Crippen molar-refractivity contribution in [3.63, 3.8) is 0 Å². The number of carbonyl (C=O) groups is 1. The van der Waals surface area contributed by atoms with Gasteiger partial charge in [-0.2, -0.15) is 5.10 Å². The largest absolute Gasteiger partial charge is 0.454 e. The maximum atomic E-state index is 12.6. The number of furan rings is 1. The molecule has 4 aromatic rings. The van der Waals surface area contributed by atoms with Gasteiger partial charge in [-0.15, -0.1) is 0 Å². The highest BCUT2D eigenvalue weighted by molar-refractivity contribution is 6.13. The van der Waals surface area contributed by atoms with E-state index in [4.69, 9.17) is 4.42 Å². The molecule has 30 heavy (non-hydrogen) atoms. The van der Waals surface area contributed by atoms with E-state index in [-0.39, 0.29) is 17.9 Å². The molecule has 148 valence electrons. The molecule has 1 amide bonds. The van der Waals surface area contributed by atoms with Gasteiger partial charge in [0, 0.05) is 23.4 Å². The van der Waals surface area contributed by atoms with Gasteiger partial charge >= 0.3 is 5.91 Å². The lowest BCUT2D eigenvalue weighted by atomic mass is 10.0. The number of rotatable bonds is 6. The lowest BCUT2D eigenvalue weighted by molar-refractivity contribution is 0.0925. The van der Waals surface area contributed by atoms with Crippen LogP contribution >= 0.6 is 0 Å². The highest BCUT2D eigenvalue weighted by Gasteiger charge is 2.13. The van der Waals surface area contributed by atoms with E-state index in [2.05, 4.69) is 10.5 Å². The summed E-state index contributed by atoms with van der Waals surface area (Å²) in [6.07, 6.45) is 1.67. The Bertz CT molecular complexity index is 1180. The van der Waals surface area contributed by atoms with Crippen molar-refractivity contribution in [1.82, 2.24) is 9.99 Å². The SMILES string of the molecule is O=C(NN=C(c1ccccc1)c1ccccc1)c1ccc(Cn2ccccc2=O)o1. The van der Waals surface area contributed by atoms with Crippen LogP contribution in [0, 0.1) is 0 Å². The molecule has 0 saturated heterocycles. The fourth-order valence-corrected chi connectivity index (χ4v) is 2.99. The van der Waals surface area contributed by atoms with Gasteiger partial charge in [0.25, 0.3) is 5.56 Å². The van der Waals surface area contributed by atoms with Crippen molar-refractivity contribution in [2.75, 3.05) is 0 Å². The number of benzene rings is 2. The Balaban J connectivity index is 1.54. The second-order valence-corrected chi connectivity index (χ2v) is 6.57. The molecular formula is C24H19N3O3. The Labute approximate surface area is 173 Å². The van der Waals surface area contributed by atoms with Crippen LogP contribution in [0.5, 0.6) is 0 Å². The fraction of sp³-hybridized carbons (Fsp3) is 0.0417. The van der Waals surface area contributed by atoms with Crippen molar-refractivity contribution in [3.05, 3.63) is 130 Å². The molecule has 0 bridgehead atoms. The molecule has 4 rings (SSSR count). The van der Waals surface area contributed by atoms with Crippen molar-refractivity contribution < 1.29 is 9.21 Å². The number of amides is 1. The van der Waals surface area contributed by atoms with Gasteiger partial charge in [0.1, 0.15) is 5.76 Å². The number of hydrogen-bond donors (Lipinski definition) is 1. The summed E-state index contributed by atoms with van der Waals surface area (Å²) in [4.78, 5) is 24.4. The monoisotopic (exact) mass is 397 g/mol. The first-order chi connectivity index (χ1) is 14.7. The second-order valence-electron chi connectivity index (χ2n) is 6.57. The predicted octanol–water partition coefficient (Wildman–Crippen LogP) is 3.67. The molecule has 2 heterocycles. The minimum absolute atomic E-state index is 0.123. The first-order valence-electron chi connectivity index (χ1n) is 9.44. The molecule has 0 aliphatic carbocycles. The van der Waals surface area contributed by atoms with E-state index in [1.807, 2.05) is 60.7 Å². The minimum Gasteiger partial charge on any atom is -0.454 e. The molecule has 0 spiro atoms. The molecule has 6 heteroatoms. The van der Waals surface area contributed by atoms with Crippen LogP contribution in [0.4, 0.5) is 0 Å². The van der Waals surface area contributed by atoms with Crippen LogP contribution in [0.25, 0.3) is 0 Å². The smallest absolute Gasteiger partial charge is 0.307 e. The average molecular weight is 397 g/mol. The Hall–Kier alpha value is -4.19. The van der Waals surface area contributed by atoms with Gasteiger partial charge in [-0.25, -0.2) is 5.43 Å². The second kappa shape index (κ2) is 8.87. The molecule has 0 aliphatic rings. The van der Waals surface area contributed by atoms with Crippen molar-refractivity contribution >= 4 is 11.6 Å². The highest BCUT2D eigenvalue weighted by atomic mass is 16.4. The van der Waals surface area contributed by atoms with Crippen LogP contribution in [-0.2, 0) is 6.54 Å². The first-order valence-corrected chi connectivity index (χ1v) is 9.44. The number of nitrogens with one attached hydrogen (secondary N) is 1. The molecule has 2 aromatic carbocycles. The van der Waals surface area contributed by atoms with Crippen molar-refractivity contribution in [2.45, 2.75) is 6.54 Å². The molecule has 0 saturated carbocycles. The quantitative estimate of drug-likeness (QED) is 0.398. The third-order valence-corrected chi connectivity index (χ3v) is 4.47. The zero-order chi connectivity index (χ0) is 20.8. The molecular weight excluding hydrogens is 378 g/mol. The van der Waals surface area contributed by atoms with Crippen LogP contribution in [0.15, 0.2) is 112 Å². The van der Waals surface area contributed by atoms with Gasteiger partial charge in [0.2, 0.25) is 0 Å². The van der Waals surface area contributed by atoms with E-state index in [1.165, 1.54) is 10.6 Å². The van der Waals surface area contributed by atoms with Crippen molar-refractivity contribution in [2.24, 2.45) is 5.10 Å². The zero-order valence-electron chi connectivity index (χ0n) is 16.1. The first kappa shape index (κ1) is 19.1. The summed E-state index contributed by atoms with van der Waals surface area (Å²) in [5.74, 6) is 0.160. The Morgan fingerprint density at radius 3 is 2.10 bits per heavy atom. The van der Waals surface area contributed by atoms with E-state index in [0.717, 1.165) is 11.1 Å². The van der Waals surface area contributed by atoms with Crippen molar-refractivity contribution in [3.8, 4) is 0 Å². The number of aromatic nitrogens is 1. The number of nitrogens with zero attached hydrogens (tertiary/aromatic N) is 2. The maximum Gasteiger partial charge on any atom is 0.307 e. The Morgan fingerprint density at radius 2 is 1.47 bits per heavy atom. The number of hydrogen-bond acceptors (Lipinski definition) is 4. The number of pyridine rings is 1. The number of carbonyl (C=O) groups excluding carboxylic acids is 1. The summed E-state index contributed by atoms with van der Waals surface area (Å²) in [5.41, 5.74) is 4.84. The van der Waals surface area contributed by atoms with Gasteiger partial charge in [0.05, 0.1) is 12.3 Å². The zero-order valence-corrected chi connectivity index (χ0v) is 16.1. The molecule has 6 nitrogen and oxygen atoms in total. The Morgan fingerprint density at radius 1 is 0.833 bits per heavy atom. The predicted molar refractivity (Wildman–Crippen MR) is 115 cm³/mol. The molecule has 0 radical (unpaired) electrons. The van der Waals surface area contributed by atoms with Gasteiger partial charge in [-0.3, -0.25) is 9.59 Å². The van der Waals surface area contributed by atoms with Crippen LogP contribution in [-0.4, -0.2) is 16.2 Å². The third-order valence-electron chi connectivity index (χ3n) is 4.47. The third kappa shape index (κ3) is 4.44. The standard InChI is InChI=1S/C24H19N3O3/c28-22-13-7-8-16-27(22)17-20-14-15-21(30-20)24(29)26-25-23(18-9-3-1-4-10-18)19-11-5-2-6-12-19/h1-16H,17H2,(H,26,29). The number of hydrazone groups is 1. The molecule has 0 aliphatic heterocycles. The van der Waals surface area contributed by atoms with Gasteiger partial charge in [-0.05, 0) is 18.2 Å². The average Bonchev–Trinajstić information content (AvgIpc) is 3.26. The summed E-state index contributed by atoms with van der Waals surface area (Å²) < 4.78 is 7.11. The molecule has 0 atom stereocenters. The lowest BCUT2D eigenvalue weighted by Crippen LogP contribution is -2.20. The van der Waals surface area contributed by atoms with Gasteiger partial charge in [0.15, 0.2) is 5.76 Å². The van der Waals surface area contributed by atoms with E-state index in [0.29, 0.717) is 11.5 Å². The topological polar surface area (TPSA) is 76.6 Å². The van der Waals surface area contributed by atoms with Crippen LogP contribution < -0.4 is 11.0 Å². The summed E-state index contributed by atoms with van der Waals surface area (Å²) in [6.45, 7) is 0.246. The van der Waals surface area contributed by atoms with E-state index >= 15 is 0 Å². The fourth-order valence-electron chi connectivity index (χ4n) is 2.99. The Kier molecular flexibility index (Phi) is 5.66. The minimum atomic E-state index is -0.467. The van der Waals surface area contributed by atoms with Crippen LogP contribution in [0.3, 0.4) is 0 Å². The van der Waals surface area contributed by atoms with Crippen molar-refractivity contribution in [1.29, 1.82) is 0 Å². The normalized spacial score (nSPS) is 10.4. The summed E-state index contributed by atoms with van der Waals surface area (Å²) >= 11 is 0. The van der Waals surface area contributed by atoms with Crippen LogP contribution in [0.2, 0.25) is 0 Å². The lowest BCUT2D eigenvalue weighted by Gasteiger charge is -2.07. The van der Waals surface area contributed by atoms with Gasteiger partial charge in [-0.1, -0.05) is 66.7 Å². The molecule has 2 aromatic heterocycles. The molecule has 0 fully saturated rings. The van der Waals surface area contributed by atoms with Gasteiger partial charge < -0.3 is 8.98 Å². The van der Waals surface area contributed by atoms with E-state index in [1.54, 1.807) is 30.5 Å². The summed E-state index contributed by atoms with van der Waals surface area (Å²) in [6, 6.07) is 27.4. The highest BCUT2D eigenvalue weighted by Crippen LogP contribution is 2.12. The summed E-state index contributed by atoms with van der Waals surface area (Å²) in [7, 11) is 0. The summed E-state index contributed by atoms with van der Waals surface area (Å²) in [5, 5.41) is 4.35. The van der Waals surface area contributed by atoms with Crippen LogP contribution in [0.1, 0.15) is 27.4 Å². The maximum absolute atomic E-state index is 12.6. The van der Waals surface area contributed by atoms with E-state index < -0.39 is 5.91 Å². The molecule has 0 unspecified atom stereocenters.